The minimum atomic E-state index is -3.23. The Balaban J connectivity index is 1.62. The molecule has 0 unspecified atom stereocenters. The molecule has 1 heterocycles. The van der Waals surface area contributed by atoms with Crippen LogP contribution in [0, 0.1) is 5.92 Å². The van der Waals surface area contributed by atoms with Gasteiger partial charge in [-0.25, -0.2) is 4.72 Å². The Morgan fingerprint density at radius 2 is 1.81 bits per heavy atom. The largest absolute Gasteiger partial charge is 0.317 e. The first-order chi connectivity index (χ1) is 7.66. The van der Waals surface area contributed by atoms with Gasteiger partial charge in [0.25, 0.3) is 10.2 Å². The van der Waals surface area contributed by atoms with Crippen molar-refractivity contribution in [2.45, 2.75) is 38.1 Å². The van der Waals surface area contributed by atoms with Gasteiger partial charge in [-0.1, -0.05) is 0 Å². The molecule has 2 fully saturated rings. The van der Waals surface area contributed by atoms with E-state index in [1.54, 1.807) is 0 Å². The third-order valence-electron chi connectivity index (χ3n) is 3.20. The fraction of sp³-hybridized carbons (Fsp3) is 1.00. The highest BCUT2D eigenvalue weighted by molar-refractivity contribution is 7.87. The Kier molecular flexibility index (Phi) is 4.18. The van der Waals surface area contributed by atoms with Crippen LogP contribution in [0.4, 0.5) is 0 Å². The van der Waals surface area contributed by atoms with E-state index in [-0.39, 0.29) is 6.04 Å². The van der Waals surface area contributed by atoms with Gasteiger partial charge >= 0.3 is 0 Å². The van der Waals surface area contributed by atoms with Crippen molar-refractivity contribution in [3.8, 4) is 0 Å². The highest BCUT2D eigenvalue weighted by Gasteiger charge is 2.26. The summed E-state index contributed by atoms with van der Waals surface area (Å²) in [6.07, 6.45) is 5.24. The van der Waals surface area contributed by atoms with Gasteiger partial charge in [0.2, 0.25) is 0 Å². The van der Waals surface area contributed by atoms with Gasteiger partial charge in [0.05, 0.1) is 0 Å². The summed E-state index contributed by atoms with van der Waals surface area (Å²) in [5.74, 6) is 0.671. The molecule has 5 nitrogen and oxygen atoms in total. The van der Waals surface area contributed by atoms with E-state index in [1.165, 1.54) is 0 Å². The van der Waals surface area contributed by atoms with Crippen LogP contribution in [0.15, 0.2) is 0 Å². The van der Waals surface area contributed by atoms with Crippen molar-refractivity contribution in [1.29, 1.82) is 0 Å². The lowest BCUT2D eigenvalue weighted by molar-refractivity contribution is 0.354. The quantitative estimate of drug-likeness (QED) is 0.617. The minimum absolute atomic E-state index is 0.191. The number of rotatable bonds is 6. The molecule has 2 aliphatic rings. The van der Waals surface area contributed by atoms with Crippen molar-refractivity contribution in [3.05, 3.63) is 0 Å². The molecule has 0 aromatic rings. The predicted molar refractivity (Wildman–Crippen MR) is 63.3 cm³/mol. The number of nitrogens with one attached hydrogen (secondary N) is 3. The average Bonchev–Trinajstić information content (AvgIpc) is 3.02. The molecule has 16 heavy (non-hydrogen) atoms. The van der Waals surface area contributed by atoms with E-state index in [2.05, 4.69) is 14.8 Å². The first kappa shape index (κ1) is 12.3. The lowest BCUT2D eigenvalue weighted by Crippen LogP contribution is -2.39. The van der Waals surface area contributed by atoms with Crippen LogP contribution in [0.2, 0.25) is 0 Å². The summed E-state index contributed by atoms with van der Waals surface area (Å²) in [4.78, 5) is 0. The standard InChI is InChI=1S/C10H21N3O2S/c14-16(15,13-10-1-2-10)12-8-5-9-3-6-11-7-4-9/h9-13H,1-8H2. The molecule has 1 aliphatic carbocycles. The van der Waals surface area contributed by atoms with Crippen LogP contribution in [0.5, 0.6) is 0 Å². The summed E-state index contributed by atoms with van der Waals surface area (Å²) in [7, 11) is -3.23. The summed E-state index contributed by atoms with van der Waals surface area (Å²) < 4.78 is 28.2. The van der Waals surface area contributed by atoms with E-state index < -0.39 is 10.2 Å². The molecule has 0 spiro atoms. The molecule has 1 saturated carbocycles. The molecular formula is C10H21N3O2S. The molecular weight excluding hydrogens is 226 g/mol. The van der Waals surface area contributed by atoms with Crippen LogP contribution in [-0.4, -0.2) is 34.1 Å². The maximum atomic E-state index is 11.5. The smallest absolute Gasteiger partial charge is 0.277 e. The zero-order chi connectivity index (χ0) is 11.4. The Labute approximate surface area is 97.6 Å². The van der Waals surface area contributed by atoms with E-state index in [4.69, 9.17) is 0 Å². The van der Waals surface area contributed by atoms with E-state index >= 15 is 0 Å². The maximum absolute atomic E-state index is 11.5. The van der Waals surface area contributed by atoms with Gasteiger partial charge in [-0.15, -0.1) is 0 Å². The molecule has 0 amide bonds. The highest BCUT2D eigenvalue weighted by Crippen LogP contribution is 2.19. The Morgan fingerprint density at radius 1 is 1.12 bits per heavy atom. The maximum Gasteiger partial charge on any atom is 0.277 e. The number of piperidine rings is 1. The second-order valence-electron chi connectivity index (χ2n) is 4.77. The third-order valence-corrected chi connectivity index (χ3v) is 4.43. The molecule has 2 rings (SSSR count). The minimum Gasteiger partial charge on any atom is -0.317 e. The summed E-state index contributed by atoms with van der Waals surface area (Å²) in [5.41, 5.74) is 0. The van der Waals surface area contributed by atoms with Crippen molar-refractivity contribution in [3.63, 3.8) is 0 Å². The van der Waals surface area contributed by atoms with Crippen molar-refractivity contribution in [2.24, 2.45) is 5.92 Å². The Morgan fingerprint density at radius 3 is 2.44 bits per heavy atom. The summed E-state index contributed by atoms with van der Waals surface area (Å²) in [6, 6.07) is 0.191. The molecule has 0 bridgehead atoms. The lowest BCUT2D eigenvalue weighted by Gasteiger charge is -2.22. The van der Waals surface area contributed by atoms with Crippen molar-refractivity contribution in [2.75, 3.05) is 19.6 Å². The molecule has 0 aromatic carbocycles. The van der Waals surface area contributed by atoms with Gasteiger partial charge in [0.15, 0.2) is 0 Å². The molecule has 3 N–H and O–H groups in total. The average molecular weight is 247 g/mol. The zero-order valence-electron chi connectivity index (χ0n) is 9.54. The molecule has 1 aliphatic heterocycles. The Bertz CT molecular complexity index is 308. The fourth-order valence-corrected chi connectivity index (χ4v) is 3.17. The van der Waals surface area contributed by atoms with Gasteiger partial charge in [0.1, 0.15) is 0 Å². The lowest BCUT2D eigenvalue weighted by atomic mass is 9.95. The van der Waals surface area contributed by atoms with E-state index in [0.717, 1.165) is 45.2 Å². The van der Waals surface area contributed by atoms with Crippen molar-refractivity contribution >= 4 is 10.2 Å². The third kappa shape index (κ3) is 4.37. The first-order valence-corrected chi connectivity index (χ1v) is 7.62. The monoisotopic (exact) mass is 247 g/mol. The predicted octanol–water partition coefficient (Wildman–Crippen LogP) is -0.0375. The molecule has 94 valence electrons. The van der Waals surface area contributed by atoms with Gasteiger partial charge in [-0.05, 0) is 51.1 Å². The van der Waals surface area contributed by atoms with Crippen LogP contribution in [0.1, 0.15) is 32.1 Å². The second-order valence-corrected chi connectivity index (χ2v) is 6.30. The zero-order valence-corrected chi connectivity index (χ0v) is 10.4. The molecule has 6 heteroatoms. The first-order valence-electron chi connectivity index (χ1n) is 6.13. The van der Waals surface area contributed by atoms with E-state index in [0.29, 0.717) is 12.5 Å². The van der Waals surface area contributed by atoms with Crippen LogP contribution in [0.3, 0.4) is 0 Å². The topological polar surface area (TPSA) is 70.2 Å². The molecule has 0 radical (unpaired) electrons. The number of hydrogen-bond donors (Lipinski definition) is 3. The van der Waals surface area contributed by atoms with Crippen LogP contribution < -0.4 is 14.8 Å². The summed E-state index contributed by atoms with van der Waals surface area (Å²) in [6.45, 7) is 2.70. The Hall–Kier alpha value is -0.170. The summed E-state index contributed by atoms with van der Waals surface area (Å²) in [5, 5.41) is 3.30. The van der Waals surface area contributed by atoms with E-state index in [9.17, 15) is 8.42 Å². The highest BCUT2D eigenvalue weighted by atomic mass is 32.2. The van der Waals surface area contributed by atoms with E-state index in [1.807, 2.05) is 0 Å². The normalized spacial score (nSPS) is 23.5. The molecule has 1 saturated heterocycles. The van der Waals surface area contributed by atoms with Crippen LogP contribution in [0.25, 0.3) is 0 Å². The van der Waals surface area contributed by atoms with Gasteiger partial charge in [-0.2, -0.15) is 13.1 Å². The van der Waals surface area contributed by atoms with Crippen molar-refractivity contribution < 1.29 is 8.42 Å². The van der Waals surface area contributed by atoms with Gasteiger partial charge < -0.3 is 5.32 Å². The second kappa shape index (κ2) is 5.44. The molecule has 0 atom stereocenters. The fourth-order valence-electron chi connectivity index (χ4n) is 2.03. The van der Waals surface area contributed by atoms with Crippen LogP contribution in [-0.2, 0) is 10.2 Å². The molecule has 0 aromatic heterocycles. The number of hydrogen-bond acceptors (Lipinski definition) is 3. The van der Waals surface area contributed by atoms with Crippen LogP contribution >= 0.6 is 0 Å². The van der Waals surface area contributed by atoms with Gasteiger partial charge in [0, 0.05) is 12.6 Å². The SMILES string of the molecule is O=S(=O)(NCCC1CCNCC1)NC1CC1. The van der Waals surface area contributed by atoms with Crippen molar-refractivity contribution in [1.82, 2.24) is 14.8 Å². The summed E-state index contributed by atoms with van der Waals surface area (Å²) >= 11 is 0. The van der Waals surface area contributed by atoms with Gasteiger partial charge in [-0.3, -0.25) is 0 Å².